The van der Waals surface area contributed by atoms with Gasteiger partial charge >= 0.3 is 5.97 Å². The third-order valence-electron chi connectivity index (χ3n) is 4.91. The third kappa shape index (κ3) is 9.14. The number of carboxylic acid groups (broad SMARTS) is 1. The van der Waals surface area contributed by atoms with Gasteiger partial charge in [-0.3, -0.25) is 0 Å². The minimum absolute atomic E-state index is 0.0270. The molecule has 0 heterocycles. The lowest BCUT2D eigenvalue weighted by atomic mass is 9.67. The predicted octanol–water partition coefficient (Wildman–Crippen LogP) is 5.69. The van der Waals surface area contributed by atoms with Crippen LogP contribution >= 0.6 is 0 Å². The Morgan fingerprint density at radius 1 is 1.22 bits per heavy atom. The van der Waals surface area contributed by atoms with Gasteiger partial charge < -0.3 is 9.84 Å². The molecule has 0 aromatic carbocycles. The van der Waals surface area contributed by atoms with E-state index in [1.165, 1.54) is 18.4 Å². The second-order valence-electron chi connectivity index (χ2n) is 8.56. The molecule has 2 unspecified atom stereocenters. The van der Waals surface area contributed by atoms with Gasteiger partial charge in [0.25, 0.3) is 0 Å². The maximum absolute atomic E-state index is 10.6. The molecular formula is C20H38O3. The summed E-state index contributed by atoms with van der Waals surface area (Å²) in [6, 6.07) is 0. The van der Waals surface area contributed by atoms with Crippen molar-refractivity contribution in [3.05, 3.63) is 11.6 Å². The molecule has 136 valence electrons. The Morgan fingerprint density at radius 3 is 2.17 bits per heavy atom. The molecule has 3 heteroatoms. The van der Waals surface area contributed by atoms with Gasteiger partial charge in [-0.15, -0.1) is 0 Å². The Morgan fingerprint density at radius 2 is 1.78 bits per heavy atom. The first-order valence-electron chi connectivity index (χ1n) is 8.91. The van der Waals surface area contributed by atoms with Crippen LogP contribution in [0, 0.1) is 16.7 Å². The Kier molecular flexibility index (Phi) is 9.12. The highest BCUT2D eigenvalue weighted by Gasteiger charge is 2.32. The van der Waals surface area contributed by atoms with Crippen LogP contribution in [0.4, 0.5) is 0 Å². The fourth-order valence-electron chi connectivity index (χ4n) is 2.88. The standard InChI is InChI=1S/C20H38O3/c1-9-16(12-11-15(3)23-14-18(21)22)17(19(4,5)6)13-20(7,8)10-2/h9,15,17H,10-14H2,1-8H3,(H,21,22)/b16-9+. The Bertz CT molecular complexity index is 388. The summed E-state index contributed by atoms with van der Waals surface area (Å²) in [6.07, 6.45) is 6.42. The molecule has 2 atom stereocenters. The number of carboxylic acids is 1. The molecule has 0 bridgehead atoms. The monoisotopic (exact) mass is 326 g/mol. The van der Waals surface area contributed by atoms with Gasteiger partial charge in [0.05, 0.1) is 6.10 Å². The van der Waals surface area contributed by atoms with Crippen molar-refractivity contribution in [2.75, 3.05) is 6.61 Å². The van der Waals surface area contributed by atoms with Gasteiger partial charge in [-0.2, -0.15) is 0 Å². The van der Waals surface area contributed by atoms with E-state index in [0.29, 0.717) is 11.3 Å². The molecule has 3 nitrogen and oxygen atoms in total. The second-order valence-corrected chi connectivity index (χ2v) is 8.56. The Labute approximate surface area is 143 Å². The van der Waals surface area contributed by atoms with Crippen LogP contribution in [0.15, 0.2) is 11.6 Å². The average molecular weight is 327 g/mol. The quantitative estimate of drug-likeness (QED) is 0.524. The van der Waals surface area contributed by atoms with Gasteiger partial charge in [0.2, 0.25) is 0 Å². The highest BCUT2D eigenvalue weighted by molar-refractivity contribution is 5.68. The lowest BCUT2D eigenvalue weighted by molar-refractivity contribution is -0.144. The molecular weight excluding hydrogens is 288 g/mol. The molecule has 0 rings (SSSR count). The summed E-state index contributed by atoms with van der Waals surface area (Å²) in [5, 5.41) is 8.70. The van der Waals surface area contributed by atoms with Crippen molar-refractivity contribution >= 4 is 5.97 Å². The molecule has 0 aliphatic rings. The minimum atomic E-state index is -0.902. The molecule has 0 fully saturated rings. The summed E-state index contributed by atoms with van der Waals surface area (Å²) in [5.41, 5.74) is 2.03. The SMILES string of the molecule is C/C=C(\CCC(C)OCC(=O)O)C(CC(C)(C)CC)C(C)(C)C. The molecule has 0 aromatic rings. The van der Waals surface area contributed by atoms with Crippen LogP contribution in [-0.2, 0) is 9.53 Å². The number of carbonyl (C=O) groups is 1. The van der Waals surface area contributed by atoms with E-state index in [0.717, 1.165) is 12.8 Å². The minimum Gasteiger partial charge on any atom is -0.480 e. The van der Waals surface area contributed by atoms with E-state index in [2.05, 4.69) is 54.5 Å². The van der Waals surface area contributed by atoms with E-state index in [4.69, 9.17) is 9.84 Å². The van der Waals surface area contributed by atoms with Crippen molar-refractivity contribution in [1.82, 2.24) is 0 Å². The first-order valence-corrected chi connectivity index (χ1v) is 8.91. The maximum Gasteiger partial charge on any atom is 0.329 e. The molecule has 1 N–H and O–H groups in total. The van der Waals surface area contributed by atoms with Crippen LogP contribution in [0.5, 0.6) is 0 Å². The lowest BCUT2D eigenvalue weighted by Crippen LogP contribution is -2.28. The number of aliphatic carboxylic acids is 1. The number of hydrogen-bond donors (Lipinski definition) is 1. The van der Waals surface area contributed by atoms with E-state index < -0.39 is 5.97 Å². The molecule has 0 saturated carbocycles. The molecule has 0 saturated heterocycles. The topological polar surface area (TPSA) is 46.5 Å². The number of hydrogen-bond acceptors (Lipinski definition) is 2. The molecule has 0 aromatic heterocycles. The van der Waals surface area contributed by atoms with Crippen molar-refractivity contribution < 1.29 is 14.6 Å². The summed E-state index contributed by atoms with van der Waals surface area (Å²) in [5.74, 6) is -0.366. The summed E-state index contributed by atoms with van der Waals surface area (Å²) in [4.78, 5) is 10.6. The summed E-state index contributed by atoms with van der Waals surface area (Å²) >= 11 is 0. The van der Waals surface area contributed by atoms with Gasteiger partial charge in [-0.25, -0.2) is 4.79 Å². The predicted molar refractivity (Wildman–Crippen MR) is 97.7 cm³/mol. The zero-order chi connectivity index (χ0) is 18.3. The van der Waals surface area contributed by atoms with Crippen molar-refractivity contribution in [3.63, 3.8) is 0 Å². The van der Waals surface area contributed by atoms with Crippen molar-refractivity contribution in [2.24, 2.45) is 16.7 Å². The van der Waals surface area contributed by atoms with E-state index >= 15 is 0 Å². The Balaban J connectivity index is 4.89. The highest BCUT2D eigenvalue weighted by Crippen LogP contribution is 2.43. The summed E-state index contributed by atoms with van der Waals surface area (Å²) in [7, 11) is 0. The molecule has 0 radical (unpaired) electrons. The van der Waals surface area contributed by atoms with Crippen LogP contribution < -0.4 is 0 Å². The molecule has 23 heavy (non-hydrogen) atoms. The Hall–Kier alpha value is -0.830. The summed E-state index contributed by atoms with van der Waals surface area (Å²) < 4.78 is 5.36. The van der Waals surface area contributed by atoms with Crippen LogP contribution in [-0.4, -0.2) is 23.8 Å². The number of rotatable bonds is 10. The largest absolute Gasteiger partial charge is 0.480 e. The van der Waals surface area contributed by atoms with Gasteiger partial charge in [-0.05, 0) is 49.9 Å². The number of allylic oxidation sites excluding steroid dienone is 2. The maximum atomic E-state index is 10.6. The molecule has 0 spiro atoms. The van der Waals surface area contributed by atoms with Crippen LogP contribution in [0.3, 0.4) is 0 Å². The zero-order valence-electron chi connectivity index (χ0n) is 16.5. The average Bonchev–Trinajstić information content (AvgIpc) is 2.43. The molecule has 0 amide bonds. The highest BCUT2D eigenvalue weighted by atomic mass is 16.5. The normalized spacial score (nSPS) is 16.3. The molecule has 0 aliphatic heterocycles. The van der Waals surface area contributed by atoms with Crippen molar-refractivity contribution in [1.29, 1.82) is 0 Å². The zero-order valence-corrected chi connectivity index (χ0v) is 16.5. The van der Waals surface area contributed by atoms with Crippen LogP contribution in [0.2, 0.25) is 0 Å². The number of ether oxygens (including phenoxy) is 1. The van der Waals surface area contributed by atoms with E-state index in [9.17, 15) is 4.79 Å². The smallest absolute Gasteiger partial charge is 0.329 e. The van der Waals surface area contributed by atoms with Crippen LogP contribution in [0.1, 0.15) is 81.1 Å². The van der Waals surface area contributed by atoms with E-state index in [1.54, 1.807) is 0 Å². The first kappa shape index (κ1) is 22.2. The van der Waals surface area contributed by atoms with E-state index in [1.807, 2.05) is 6.92 Å². The van der Waals surface area contributed by atoms with Gasteiger partial charge in [0.1, 0.15) is 6.61 Å². The van der Waals surface area contributed by atoms with Gasteiger partial charge in [0, 0.05) is 0 Å². The molecule has 0 aliphatic carbocycles. The van der Waals surface area contributed by atoms with E-state index in [-0.39, 0.29) is 18.1 Å². The fourth-order valence-corrected chi connectivity index (χ4v) is 2.88. The second kappa shape index (κ2) is 9.46. The fraction of sp³-hybridized carbons (Fsp3) is 0.850. The van der Waals surface area contributed by atoms with Crippen molar-refractivity contribution in [2.45, 2.75) is 87.2 Å². The first-order chi connectivity index (χ1) is 10.4. The summed E-state index contributed by atoms with van der Waals surface area (Å²) in [6.45, 7) is 17.8. The lowest BCUT2D eigenvalue weighted by Gasteiger charge is -2.39. The van der Waals surface area contributed by atoms with Gasteiger partial charge in [0.15, 0.2) is 0 Å². The van der Waals surface area contributed by atoms with Crippen LogP contribution in [0.25, 0.3) is 0 Å². The van der Waals surface area contributed by atoms with Crippen molar-refractivity contribution in [3.8, 4) is 0 Å². The third-order valence-corrected chi connectivity index (χ3v) is 4.91. The van der Waals surface area contributed by atoms with Gasteiger partial charge in [-0.1, -0.05) is 59.6 Å².